The molecule has 0 aliphatic carbocycles. The van der Waals surface area contributed by atoms with E-state index in [0.29, 0.717) is 17.7 Å². The lowest BCUT2D eigenvalue weighted by atomic mass is 10.0. The van der Waals surface area contributed by atoms with Gasteiger partial charge in [-0.05, 0) is 69.3 Å². The van der Waals surface area contributed by atoms with Crippen LogP contribution in [0.5, 0.6) is 0 Å². The summed E-state index contributed by atoms with van der Waals surface area (Å²) in [5.41, 5.74) is 2.44. The third kappa shape index (κ3) is 5.36. The molecule has 0 unspecified atom stereocenters. The molecule has 0 aromatic heterocycles. The summed E-state index contributed by atoms with van der Waals surface area (Å²) >= 11 is 1.40. The van der Waals surface area contributed by atoms with E-state index in [0.717, 1.165) is 23.7 Å². The number of benzene rings is 2. The van der Waals surface area contributed by atoms with Gasteiger partial charge in [-0.2, -0.15) is 0 Å². The van der Waals surface area contributed by atoms with E-state index in [2.05, 4.69) is 18.7 Å². The Balaban J connectivity index is 2.02. The Kier molecular flexibility index (Phi) is 7.73. The average molecular weight is 372 g/mol. The number of carbonyl (C=O) groups excluding carboxylic acids is 2. The molecule has 0 aliphatic rings. The number of ether oxygens (including phenoxy) is 1. The molecular formula is C21H25NO3S. The highest BCUT2D eigenvalue weighted by atomic mass is 32.2. The zero-order valence-corrected chi connectivity index (χ0v) is 16.3. The van der Waals surface area contributed by atoms with Crippen LogP contribution in [0.4, 0.5) is 5.69 Å². The van der Waals surface area contributed by atoms with Gasteiger partial charge in [-0.25, -0.2) is 0 Å². The van der Waals surface area contributed by atoms with Crippen LogP contribution in [0.15, 0.2) is 53.4 Å². The number of nitrogens with zero attached hydrogens (tertiary/aromatic N) is 1. The summed E-state index contributed by atoms with van der Waals surface area (Å²) in [5.74, 6) is 0.0394. The van der Waals surface area contributed by atoms with Crippen LogP contribution >= 0.6 is 11.8 Å². The molecule has 0 spiro atoms. The maximum Gasteiger partial charge on any atom is 0.316 e. The second-order valence-electron chi connectivity index (χ2n) is 5.67. The van der Waals surface area contributed by atoms with Crippen LogP contribution in [0.2, 0.25) is 0 Å². The van der Waals surface area contributed by atoms with Gasteiger partial charge in [0.25, 0.3) is 0 Å². The Morgan fingerprint density at radius 2 is 1.42 bits per heavy atom. The average Bonchev–Trinajstić information content (AvgIpc) is 2.68. The Hall–Kier alpha value is -2.27. The Morgan fingerprint density at radius 1 is 0.885 bits per heavy atom. The van der Waals surface area contributed by atoms with E-state index in [1.54, 1.807) is 19.1 Å². The first-order valence-corrected chi connectivity index (χ1v) is 9.85. The zero-order valence-electron chi connectivity index (χ0n) is 15.5. The normalized spacial score (nSPS) is 10.4. The van der Waals surface area contributed by atoms with Crippen molar-refractivity contribution in [2.75, 3.05) is 30.3 Å². The van der Waals surface area contributed by atoms with Crippen molar-refractivity contribution in [3.8, 4) is 0 Å². The quantitative estimate of drug-likeness (QED) is 0.371. The molecule has 26 heavy (non-hydrogen) atoms. The van der Waals surface area contributed by atoms with Gasteiger partial charge >= 0.3 is 5.97 Å². The molecule has 138 valence electrons. The lowest BCUT2D eigenvalue weighted by Crippen LogP contribution is -2.21. The Labute approximate surface area is 159 Å². The predicted octanol–water partition coefficient (Wildman–Crippen LogP) is 4.42. The first-order chi connectivity index (χ1) is 12.6. The predicted molar refractivity (Wildman–Crippen MR) is 107 cm³/mol. The number of thioether (sulfide) groups is 1. The van der Waals surface area contributed by atoms with Gasteiger partial charge in [0.15, 0.2) is 5.78 Å². The van der Waals surface area contributed by atoms with Gasteiger partial charge in [0.2, 0.25) is 0 Å². The number of hydrogen-bond donors (Lipinski definition) is 0. The van der Waals surface area contributed by atoms with Crippen molar-refractivity contribution in [3.05, 3.63) is 59.7 Å². The smallest absolute Gasteiger partial charge is 0.316 e. The lowest BCUT2D eigenvalue weighted by molar-refractivity contribution is -0.139. The lowest BCUT2D eigenvalue weighted by Gasteiger charge is -2.21. The zero-order chi connectivity index (χ0) is 18.9. The van der Waals surface area contributed by atoms with Gasteiger partial charge in [0.05, 0.1) is 12.4 Å². The molecule has 0 fully saturated rings. The van der Waals surface area contributed by atoms with Crippen molar-refractivity contribution >= 4 is 29.2 Å². The van der Waals surface area contributed by atoms with Crippen molar-refractivity contribution in [1.82, 2.24) is 0 Å². The van der Waals surface area contributed by atoms with Crippen molar-refractivity contribution < 1.29 is 14.3 Å². The standard InChI is InChI=1S/C21H25NO3S/c1-4-22(5-2)18-11-7-16(8-12-18)21(24)17-9-13-19(14-10-17)26-15-20(23)25-6-3/h7-14H,4-6,15H2,1-3H3. The SMILES string of the molecule is CCOC(=O)CSc1ccc(C(=O)c2ccc(N(CC)CC)cc2)cc1. The van der Waals surface area contributed by atoms with Crippen LogP contribution in [0.1, 0.15) is 36.7 Å². The summed E-state index contributed by atoms with van der Waals surface area (Å²) in [5, 5.41) is 0. The van der Waals surface area contributed by atoms with E-state index in [4.69, 9.17) is 4.74 Å². The van der Waals surface area contributed by atoms with E-state index in [1.807, 2.05) is 36.4 Å². The van der Waals surface area contributed by atoms with Crippen LogP contribution in [-0.4, -0.2) is 37.2 Å². The van der Waals surface area contributed by atoms with Crippen molar-refractivity contribution in [1.29, 1.82) is 0 Å². The third-order valence-electron chi connectivity index (χ3n) is 4.04. The number of carbonyl (C=O) groups is 2. The molecule has 5 heteroatoms. The van der Waals surface area contributed by atoms with Gasteiger partial charge in [0.1, 0.15) is 0 Å². The number of esters is 1. The van der Waals surface area contributed by atoms with Gasteiger partial charge in [-0.3, -0.25) is 9.59 Å². The third-order valence-corrected chi connectivity index (χ3v) is 5.02. The molecule has 0 radical (unpaired) electrons. The molecule has 0 heterocycles. The van der Waals surface area contributed by atoms with Crippen molar-refractivity contribution in [2.24, 2.45) is 0 Å². The largest absolute Gasteiger partial charge is 0.465 e. The minimum Gasteiger partial charge on any atom is -0.465 e. The minimum atomic E-state index is -0.231. The monoisotopic (exact) mass is 371 g/mol. The topological polar surface area (TPSA) is 46.6 Å². The molecule has 4 nitrogen and oxygen atoms in total. The van der Waals surface area contributed by atoms with Crippen LogP contribution in [0.25, 0.3) is 0 Å². The fourth-order valence-electron chi connectivity index (χ4n) is 2.63. The number of rotatable bonds is 9. The first-order valence-electron chi connectivity index (χ1n) is 8.87. The maximum atomic E-state index is 12.6. The van der Waals surface area contributed by atoms with Crippen LogP contribution in [-0.2, 0) is 9.53 Å². The second kappa shape index (κ2) is 10.0. The van der Waals surface area contributed by atoms with E-state index in [-0.39, 0.29) is 17.5 Å². The van der Waals surface area contributed by atoms with Gasteiger partial charge in [0, 0.05) is 34.8 Å². The van der Waals surface area contributed by atoms with Gasteiger partial charge in [-0.15, -0.1) is 11.8 Å². The van der Waals surface area contributed by atoms with E-state index < -0.39 is 0 Å². The molecule has 2 aromatic rings. The fraction of sp³-hybridized carbons (Fsp3) is 0.333. The number of ketones is 1. The fourth-order valence-corrected chi connectivity index (χ4v) is 3.32. The van der Waals surface area contributed by atoms with Gasteiger partial charge in [-0.1, -0.05) is 0 Å². The first kappa shape index (κ1) is 20.0. The van der Waals surface area contributed by atoms with Crippen LogP contribution in [0, 0.1) is 0 Å². The minimum absolute atomic E-state index is 0.00182. The highest BCUT2D eigenvalue weighted by Crippen LogP contribution is 2.21. The molecule has 0 bridgehead atoms. The summed E-state index contributed by atoms with van der Waals surface area (Å²) in [4.78, 5) is 27.2. The molecule has 0 amide bonds. The Bertz CT molecular complexity index is 722. The highest BCUT2D eigenvalue weighted by molar-refractivity contribution is 8.00. The number of hydrogen-bond acceptors (Lipinski definition) is 5. The van der Waals surface area contributed by atoms with Crippen LogP contribution < -0.4 is 4.90 Å². The summed E-state index contributed by atoms with van der Waals surface area (Å²) in [6.45, 7) is 8.29. The van der Waals surface area contributed by atoms with Crippen molar-refractivity contribution in [3.63, 3.8) is 0 Å². The molecule has 0 N–H and O–H groups in total. The summed E-state index contributed by atoms with van der Waals surface area (Å²) < 4.78 is 4.91. The van der Waals surface area contributed by atoms with E-state index in [9.17, 15) is 9.59 Å². The second-order valence-corrected chi connectivity index (χ2v) is 6.72. The summed E-state index contributed by atoms with van der Waals surface area (Å²) in [6, 6.07) is 15.1. The molecule has 0 saturated heterocycles. The molecule has 2 aromatic carbocycles. The summed E-state index contributed by atoms with van der Waals surface area (Å²) in [6.07, 6.45) is 0. The number of anilines is 1. The van der Waals surface area contributed by atoms with Gasteiger partial charge < -0.3 is 9.64 Å². The summed E-state index contributed by atoms with van der Waals surface area (Å²) in [7, 11) is 0. The molecule has 0 aliphatic heterocycles. The maximum absolute atomic E-state index is 12.6. The van der Waals surface area contributed by atoms with Crippen molar-refractivity contribution in [2.45, 2.75) is 25.7 Å². The van der Waals surface area contributed by atoms with E-state index in [1.165, 1.54) is 11.8 Å². The Morgan fingerprint density at radius 3 is 1.92 bits per heavy atom. The highest BCUT2D eigenvalue weighted by Gasteiger charge is 2.11. The molecule has 2 rings (SSSR count). The van der Waals surface area contributed by atoms with Crippen LogP contribution in [0.3, 0.4) is 0 Å². The van der Waals surface area contributed by atoms with E-state index >= 15 is 0 Å². The molecular weight excluding hydrogens is 346 g/mol. The molecule has 0 saturated carbocycles. The molecule has 0 atom stereocenters.